The molecular formula is C20H22N2O5. The molecule has 0 unspecified atom stereocenters. The second-order valence-electron chi connectivity index (χ2n) is 7.63. The van der Waals surface area contributed by atoms with E-state index in [9.17, 15) is 19.2 Å². The van der Waals surface area contributed by atoms with Crippen molar-refractivity contribution in [2.45, 2.75) is 32.2 Å². The molecule has 2 saturated carbocycles. The zero-order valence-corrected chi connectivity index (χ0v) is 15.1. The van der Waals surface area contributed by atoms with Crippen molar-refractivity contribution < 1.29 is 23.9 Å². The van der Waals surface area contributed by atoms with Crippen LogP contribution < -0.4 is 5.32 Å². The molecule has 7 nitrogen and oxygen atoms in total. The van der Waals surface area contributed by atoms with Crippen molar-refractivity contribution in [3.63, 3.8) is 0 Å². The minimum absolute atomic E-state index is 0.254. The summed E-state index contributed by atoms with van der Waals surface area (Å²) in [6.07, 6.45) is 2.91. The van der Waals surface area contributed by atoms with Gasteiger partial charge in [-0.25, -0.2) is 4.79 Å². The van der Waals surface area contributed by atoms with Gasteiger partial charge in [0.2, 0.25) is 11.8 Å². The third-order valence-electron chi connectivity index (χ3n) is 6.09. The molecule has 1 aliphatic heterocycles. The molecular weight excluding hydrogens is 348 g/mol. The van der Waals surface area contributed by atoms with Crippen molar-refractivity contribution in [2.24, 2.45) is 23.7 Å². The van der Waals surface area contributed by atoms with Gasteiger partial charge in [0.15, 0.2) is 6.61 Å². The molecule has 3 amide bonds. The second-order valence-corrected chi connectivity index (χ2v) is 7.63. The van der Waals surface area contributed by atoms with E-state index in [2.05, 4.69) is 5.32 Å². The van der Waals surface area contributed by atoms with Crippen LogP contribution in [0.5, 0.6) is 0 Å². The lowest BCUT2D eigenvalue weighted by molar-refractivity contribution is -0.159. The van der Waals surface area contributed by atoms with Crippen molar-refractivity contribution >= 4 is 29.4 Å². The number of para-hydroxylation sites is 1. The molecule has 0 radical (unpaired) electrons. The van der Waals surface area contributed by atoms with E-state index in [1.807, 2.05) is 6.07 Å². The lowest BCUT2D eigenvalue weighted by Crippen LogP contribution is -2.45. The average Bonchev–Trinajstić information content (AvgIpc) is 3.34. The molecule has 5 atom stereocenters. The highest BCUT2D eigenvalue weighted by atomic mass is 16.5. The van der Waals surface area contributed by atoms with Crippen LogP contribution in [0.1, 0.15) is 26.2 Å². The van der Waals surface area contributed by atoms with Gasteiger partial charge in [-0.2, -0.15) is 0 Å². The highest BCUT2D eigenvalue weighted by Gasteiger charge is 2.62. The first kappa shape index (κ1) is 17.7. The number of amides is 3. The van der Waals surface area contributed by atoms with E-state index in [1.165, 1.54) is 6.92 Å². The number of esters is 1. The molecule has 7 heteroatoms. The van der Waals surface area contributed by atoms with E-state index < -0.39 is 24.5 Å². The van der Waals surface area contributed by atoms with Crippen molar-refractivity contribution in [1.29, 1.82) is 0 Å². The largest absolute Gasteiger partial charge is 0.454 e. The van der Waals surface area contributed by atoms with E-state index in [-0.39, 0.29) is 35.5 Å². The normalized spacial score (nSPS) is 29.6. The Morgan fingerprint density at radius 2 is 1.70 bits per heavy atom. The van der Waals surface area contributed by atoms with Crippen LogP contribution in [0, 0.1) is 23.7 Å². The van der Waals surface area contributed by atoms with Crippen LogP contribution in [0.4, 0.5) is 5.69 Å². The standard InChI is InChI=1S/C20H22N2O5/c1-11(20(26)27-10-15(23)21-14-5-3-2-4-6-14)22-18(24)16-12-7-8-13(9-12)17(16)19(22)25/h2-6,11-13,16-17H,7-10H2,1H3,(H,21,23)/t11-,12-,13-,16-,17-/m0/s1. The molecule has 3 aliphatic rings. The van der Waals surface area contributed by atoms with Gasteiger partial charge in [-0.15, -0.1) is 0 Å². The number of carbonyl (C=O) groups excluding carboxylic acids is 4. The Kier molecular flexibility index (Phi) is 4.45. The maximum atomic E-state index is 12.7. The van der Waals surface area contributed by atoms with E-state index in [1.54, 1.807) is 24.3 Å². The monoisotopic (exact) mass is 370 g/mol. The van der Waals surface area contributed by atoms with Gasteiger partial charge in [0, 0.05) is 5.69 Å². The Labute approximate surface area is 157 Å². The molecule has 2 bridgehead atoms. The Morgan fingerprint density at radius 1 is 1.11 bits per heavy atom. The summed E-state index contributed by atoms with van der Waals surface area (Å²) in [6.45, 7) is 1.02. The number of rotatable bonds is 5. The molecule has 1 aromatic rings. The van der Waals surface area contributed by atoms with Gasteiger partial charge >= 0.3 is 5.97 Å². The highest BCUT2D eigenvalue weighted by molar-refractivity contribution is 6.08. The molecule has 1 aromatic carbocycles. The highest BCUT2D eigenvalue weighted by Crippen LogP contribution is 2.56. The fraction of sp³-hybridized carbons (Fsp3) is 0.500. The fourth-order valence-corrected chi connectivity index (χ4v) is 4.89. The van der Waals surface area contributed by atoms with Crippen molar-refractivity contribution in [1.82, 2.24) is 4.90 Å². The van der Waals surface area contributed by atoms with Crippen molar-refractivity contribution in [3.8, 4) is 0 Å². The Hall–Kier alpha value is -2.70. The lowest BCUT2D eigenvalue weighted by Gasteiger charge is -2.23. The summed E-state index contributed by atoms with van der Waals surface area (Å²) >= 11 is 0. The first-order valence-electron chi connectivity index (χ1n) is 9.36. The van der Waals surface area contributed by atoms with Crippen molar-refractivity contribution in [3.05, 3.63) is 30.3 Å². The Balaban J connectivity index is 1.35. The first-order chi connectivity index (χ1) is 13.0. The van der Waals surface area contributed by atoms with Crippen LogP contribution >= 0.6 is 0 Å². The number of anilines is 1. The van der Waals surface area contributed by atoms with Gasteiger partial charge in [0.05, 0.1) is 11.8 Å². The van der Waals surface area contributed by atoms with E-state index in [0.29, 0.717) is 5.69 Å². The lowest BCUT2D eigenvalue weighted by atomic mass is 9.81. The summed E-state index contributed by atoms with van der Waals surface area (Å²) in [5, 5.41) is 2.61. The number of benzene rings is 1. The summed E-state index contributed by atoms with van der Waals surface area (Å²) in [5.74, 6) is -1.74. The summed E-state index contributed by atoms with van der Waals surface area (Å²) < 4.78 is 5.04. The number of ether oxygens (including phenoxy) is 1. The number of carbonyl (C=O) groups is 4. The number of hydrogen-bond acceptors (Lipinski definition) is 5. The number of fused-ring (bicyclic) bond motifs is 5. The summed E-state index contributed by atoms with van der Waals surface area (Å²) in [4.78, 5) is 50.8. The molecule has 1 saturated heterocycles. The summed E-state index contributed by atoms with van der Waals surface area (Å²) in [6, 6.07) is 7.80. The van der Waals surface area contributed by atoms with Crippen LogP contribution in [0.2, 0.25) is 0 Å². The summed E-state index contributed by atoms with van der Waals surface area (Å²) in [7, 11) is 0. The zero-order valence-electron chi connectivity index (χ0n) is 15.1. The SMILES string of the molecule is C[C@@H](C(=O)OCC(=O)Nc1ccccc1)N1C(=O)[C@H]2[C@H]3CC[C@@H](C3)[C@@H]2C1=O. The van der Waals surface area contributed by atoms with Gasteiger partial charge < -0.3 is 10.1 Å². The molecule has 0 aromatic heterocycles. The predicted molar refractivity (Wildman–Crippen MR) is 95.2 cm³/mol. The zero-order chi connectivity index (χ0) is 19.1. The van der Waals surface area contributed by atoms with Crippen LogP contribution in [-0.4, -0.2) is 41.2 Å². The predicted octanol–water partition coefficient (Wildman–Crippen LogP) is 1.59. The number of imide groups is 1. The summed E-state index contributed by atoms with van der Waals surface area (Å²) in [5.41, 5.74) is 0.597. The number of likely N-dealkylation sites (tertiary alicyclic amines) is 1. The molecule has 4 rings (SSSR count). The quantitative estimate of drug-likeness (QED) is 0.628. The van der Waals surface area contributed by atoms with E-state index in [0.717, 1.165) is 24.2 Å². The number of nitrogens with zero attached hydrogens (tertiary/aromatic N) is 1. The van der Waals surface area contributed by atoms with Crippen LogP contribution in [0.25, 0.3) is 0 Å². The van der Waals surface area contributed by atoms with E-state index in [4.69, 9.17) is 4.74 Å². The smallest absolute Gasteiger partial charge is 0.329 e. The fourth-order valence-electron chi connectivity index (χ4n) is 4.89. The van der Waals surface area contributed by atoms with Crippen molar-refractivity contribution in [2.75, 3.05) is 11.9 Å². The second kappa shape index (κ2) is 6.79. The average molecular weight is 370 g/mol. The van der Waals surface area contributed by atoms with Gasteiger partial charge in [-0.05, 0) is 50.2 Å². The first-order valence-corrected chi connectivity index (χ1v) is 9.36. The Bertz CT molecular complexity index is 765. The molecule has 0 spiro atoms. The van der Waals surface area contributed by atoms with Crippen LogP contribution in [-0.2, 0) is 23.9 Å². The topological polar surface area (TPSA) is 92.8 Å². The minimum Gasteiger partial charge on any atom is -0.454 e. The third kappa shape index (κ3) is 3.01. The van der Waals surface area contributed by atoms with E-state index >= 15 is 0 Å². The number of hydrogen-bond donors (Lipinski definition) is 1. The van der Waals surface area contributed by atoms with Crippen LogP contribution in [0.3, 0.4) is 0 Å². The van der Waals surface area contributed by atoms with Gasteiger partial charge in [-0.1, -0.05) is 18.2 Å². The maximum absolute atomic E-state index is 12.7. The molecule has 3 fully saturated rings. The molecule has 2 aliphatic carbocycles. The minimum atomic E-state index is -1.01. The molecule has 1 heterocycles. The molecule has 27 heavy (non-hydrogen) atoms. The van der Waals surface area contributed by atoms with Gasteiger partial charge in [0.25, 0.3) is 5.91 Å². The van der Waals surface area contributed by atoms with Gasteiger partial charge in [0.1, 0.15) is 6.04 Å². The van der Waals surface area contributed by atoms with Crippen LogP contribution in [0.15, 0.2) is 30.3 Å². The molecule has 142 valence electrons. The maximum Gasteiger partial charge on any atom is 0.329 e. The number of nitrogens with one attached hydrogen (secondary N) is 1. The molecule has 1 N–H and O–H groups in total. The Morgan fingerprint density at radius 3 is 2.30 bits per heavy atom. The third-order valence-corrected chi connectivity index (χ3v) is 6.09. The van der Waals surface area contributed by atoms with Gasteiger partial charge in [-0.3, -0.25) is 19.3 Å².